The molecule has 5 nitrogen and oxygen atoms in total. The first-order chi connectivity index (χ1) is 12.3. The summed E-state index contributed by atoms with van der Waals surface area (Å²) in [6.07, 6.45) is 1.72. The van der Waals surface area contributed by atoms with E-state index < -0.39 is 6.04 Å². The molecule has 1 unspecified atom stereocenters. The van der Waals surface area contributed by atoms with E-state index in [0.717, 1.165) is 11.0 Å². The zero-order valence-corrected chi connectivity index (χ0v) is 15.7. The van der Waals surface area contributed by atoms with E-state index >= 15 is 0 Å². The van der Waals surface area contributed by atoms with Gasteiger partial charge in [-0.25, -0.2) is 14.1 Å². The molecule has 1 aromatic carbocycles. The largest absolute Gasteiger partial charge is 0.335 e. The summed E-state index contributed by atoms with van der Waals surface area (Å²) in [7, 11) is 1.68. The van der Waals surface area contributed by atoms with Crippen LogP contribution in [0.2, 0.25) is 0 Å². The number of aryl methyl sites for hydroxylation is 1. The lowest BCUT2D eigenvalue weighted by Crippen LogP contribution is -2.30. The molecule has 2 heterocycles. The van der Waals surface area contributed by atoms with Crippen molar-refractivity contribution in [2.45, 2.75) is 39.8 Å². The molecule has 136 valence electrons. The van der Waals surface area contributed by atoms with E-state index in [2.05, 4.69) is 10.1 Å². The Hall–Kier alpha value is -2.76. The third-order valence-corrected chi connectivity index (χ3v) is 4.74. The quantitative estimate of drug-likeness (QED) is 0.702. The van der Waals surface area contributed by atoms with Crippen LogP contribution in [0.1, 0.15) is 54.5 Å². The molecule has 3 rings (SSSR count). The molecule has 0 N–H and O–H groups in total. The summed E-state index contributed by atoms with van der Waals surface area (Å²) >= 11 is 0. The number of carbonyl (C=O) groups is 1. The van der Waals surface area contributed by atoms with Gasteiger partial charge in [0.05, 0.1) is 23.5 Å². The number of pyridine rings is 1. The molecule has 0 saturated heterocycles. The fraction of sp³-hybridized carbons (Fsp3) is 0.350. The van der Waals surface area contributed by atoms with Crippen LogP contribution in [-0.4, -0.2) is 32.6 Å². The number of rotatable bonds is 4. The third kappa shape index (κ3) is 3.07. The van der Waals surface area contributed by atoms with E-state index in [1.54, 1.807) is 36.3 Å². The SMILES string of the molecule is Cc1nc2c(cnn2C(C)C)cc1C(=O)N(C)C(C)c1ccccc1F. The first kappa shape index (κ1) is 18.0. The van der Waals surface area contributed by atoms with E-state index in [4.69, 9.17) is 0 Å². The van der Waals surface area contributed by atoms with Crippen LogP contribution < -0.4 is 0 Å². The smallest absolute Gasteiger partial charge is 0.255 e. The average molecular weight is 354 g/mol. The number of fused-ring (bicyclic) bond motifs is 1. The van der Waals surface area contributed by atoms with Gasteiger partial charge >= 0.3 is 0 Å². The molecular formula is C20H23FN4O. The normalized spacial score (nSPS) is 12.6. The minimum Gasteiger partial charge on any atom is -0.335 e. The van der Waals surface area contributed by atoms with Gasteiger partial charge in [-0.3, -0.25) is 4.79 Å². The molecule has 2 aromatic heterocycles. The van der Waals surface area contributed by atoms with E-state index in [0.29, 0.717) is 16.8 Å². The standard InChI is InChI=1S/C20H23FN4O/c1-12(2)25-19-15(11-22-25)10-17(13(3)23-19)20(26)24(5)14(4)16-8-6-7-9-18(16)21/h6-12,14H,1-5H3. The number of halogens is 1. The van der Waals surface area contributed by atoms with Crippen molar-refractivity contribution >= 4 is 16.9 Å². The Kier molecular flexibility index (Phi) is 4.76. The van der Waals surface area contributed by atoms with Crippen molar-refractivity contribution in [1.29, 1.82) is 0 Å². The number of carbonyl (C=O) groups excluding carboxylic acids is 1. The Morgan fingerprint density at radius 2 is 1.92 bits per heavy atom. The van der Waals surface area contributed by atoms with Gasteiger partial charge in [-0.05, 0) is 39.8 Å². The maximum absolute atomic E-state index is 14.1. The van der Waals surface area contributed by atoms with Gasteiger partial charge in [0.25, 0.3) is 5.91 Å². The summed E-state index contributed by atoms with van der Waals surface area (Å²) in [6.45, 7) is 7.69. The van der Waals surface area contributed by atoms with Crippen molar-refractivity contribution in [2.75, 3.05) is 7.05 Å². The van der Waals surface area contributed by atoms with Gasteiger partial charge in [0, 0.05) is 24.0 Å². The van der Waals surface area contributed by atoms with E-state index in [9.17, 15) is 9.18 Å². The van der Waals surface area contributed by atoms with E-state index in [1.165, 1.54) is 6.07 Å². The van der Waals surface area contributed by atoms with E-state index in [-0.39, 0.29) is 17.8 Å². The topological polar surface area (TPSA) is 51.0 Å². The third-order valence-electron chi connectivity index (χ3n) is 4.74. The molecule has 0 fully saturated rings. The first-order valence-electron chi connectivity index (χ1n) is 8.67. The molecule has 1 amide bonds. The molecule has 1 atom stereocenters. The number of nitrogens with zero attached hydrogens (tertiary/aromatic N) is 4. The van der Waals surface area contributed by atoms with Crippen LogP contribution in [0.4, 0.5) is 4.39 Å². The highest BCUT2D eigenvalue weighted by Crippen LogP contribution is 2.25. The van der Waals surface area contributed by atoms with Crippen LogP contribution in [0.25, 0.3) is 11.0 Å². The Balaban J connectivity index is 1.96. The van der Waals surface area contributed by atoms with Crippen molar-refractivity contribution in [1.82, 2.24) is 19.7 Å². The number of amides is 1. The number of benzene rings is 1. The molecule has 0 aliphatic carbocycles. The predicted molar refractivity (Wildman–Crippen MR) is 99.6 cm³/mol. The van der Waals surface area contributed by atoms with Crippen molar-refractivity contribution < 1.29 is 9.18 Å². The predicted octanol–water partition coefficient (Wildman–Crippen LogP) is 4.29. The highest BCUT2D eigenvalue weighted by molar-refractivity contribution is 5.98. The van der Waals surface area contributed by atoms with Crippen LogP contribution in [-0.2, 0) is 0 Å². The van der Waals surface area contributed by atoms with Crippen molar-refractivity contribution in [3.8, 4) is 0 Å². The van der Waals surface area contributed by atoms with Crippen molar-refractivity contribution in [3.63, 3.8) is 0 Å². The molecule has 26 heavy (non-hydrogen) atoms. The second kappa shape index (κ2) is 6.86. The number of hydrogen-bond donors (Lipinski definition) is 0. The van der Waals surface area contributed by atoms with Gasteiger partial charge in [0.2, 0.25) is 0 Å². The Bertz CT molecular complexity index is 964. The molecule has 0 bridgehead atoms. The molecule has 0 aliphatic rings. The van der Waals surface area contributed by atoms with Gasteiger partial charge in [-0.15, -0.1) is 0 Å². The summed E-state index contributed by atoms with van der Waals surface area (Å²) < 4.78 is 15.9. The molecule has 0 saturated carbocycles. The molecule has 0 aliphatic heterocycles. The van der Waals surface area contributed by atoms with E-state index in [1.807, 2.05) is 38.4 Å². The number of aromatic nitrogens is 3. The van der Waals surface area contributed by atoms with Crippen molar-refractivity contribution in [2.24, 2.45) is 0 Å². The van der Waals surface area contributed by atoms with Crippen molar-refractivity contribution in [3.05, 3.63) is 59.2 Å². The molecule has 0 radical (unpaired) electrons. The maximum Gasteiger partial charge on any atom is 0.255 e. The second-order valence-corrected chi connectivity index (χ2v) is 6.83. The molecule has 0 spiro atoms. The minimum atomic E-state index is -0.391. The summed E-state index contributed by atoms with van der Waals surface area (Å²) in [5.41, 5.74) is 2.39. The lowest BCUT2D eigenvalue weighted by atomic mass is 10.0. The zero-order valence-electron chi connectivity index (χ0n) is 15.7. The Morgan fingerprint density at radius 3 is 2.58 bits per heavy atom. The van der Waals surface area contributed by atoms with Gasteiger partial charge in [0.1, 0.15) is 5.82 Å². The first-order valence-corrected chi connectivity index (χ1v) is 8.67. The highest BCUT2D eigenvalue weighted by Gasteiger charge is 2.23. The number of hydrogen-bond acceptors (Lipinski definition) is 3. The summed E-state index contributed by atoms with van der Waals surface area (Å²) in [5, 5.41) is 5.17. The average Bonchev–Trinajstić information content (AvgIpc) is 3.02. The van der Waals surface area contributed by atoms with Gasteiger partial charge in [0.15, 0.2) is 5.65 Å². The second-order valence-electron chi connectivity index (χ2n) is 6.83. The molecule has 6 heteroatoms. The van der Waals surface area contributed by atoms with Gasteiger partial charge in [-0.1, -0.05) is 18.2 Å². The Labute approximate surface area is 152 Å². The van der Waals surface area contributed by atoms with Gasteiger partial charge < -0.3 is 4.90 Å². The zero-order chi connectivity index (χ0) is 19.0. The highest BCUT2D eigenvalue weighted by atomic mass is 19.1. The monoisotopic (exact) mass is 354 g/mol. The minimum absolute atomic E-state index is 0.185. The van der Waals surface area contributed by atoms with Crippen LogP contribution >= 0.6 is 0 Å². The summed E-state index contributed by atoms with van der Waals surface area (Å²) in [6, 6.07) is 8.13. The summed E-state index contributed by atoms with van der Waals surface area (Å²) in [4.78, 5) is 19.1. The maximum atomic E-state index is 14.1. The fourth-order valence-corrected chi connectivity index (χ4v) is 3.05. The summed E-state index contributed by atoms with van der Waals surface area (Å²) in [5.74, 6) is -0.506. The lowest BCUT2D eigenvalue weighted by Gasteiger charge is -2.26. The lowest BCUT2D eigenvalue weighted by molar-refractivity contribution is 0.0739. The van der Waals surface area contributed by atoms with Gasteiger partial charge in [-0.2, -0.15) is 5.10 Å². The molecular weight excluding hydrogens is 331 g/mol. The Morgan fingerprint density at radius 1 is 1.23 bits per heavy atom. The molecule has 3 aromatic rings. The van der Waals surface area contributed by atoms with Crippen LogP contribution in [0, 0.1) is 12.7 Å². The fourth-order valence-electron chi connectivity index (χ4n) is 3.05. The van der Waals surface area contributed by atoms with Crippen LogP contribution in [0.5, 0.6) is 0 Å². The van der Waals surface area contributed by atoms with Crippen LogP contribution in [0.3, 0.4) is 0 Å². The van der Waals surface area contributed by atoms with Crippen LogP contribution in [0.15, 0.2) is 36.5 Å².